The SMILES string of the molecule is CC1(c2ccccc2)CCN(C(=O)c2ccc(C(=O)O)cc2F)CC1. The topological polar surface area (TPSA) is 57.6 Å². The number of likely N-dealkylation sites (tertiary alicyclic amines) is 1. The Morgan fingerprint density at radius 3 is 2.28 bits per heavy atom. The summed E-state index contributed by atoms with van der Waals surface area (Å²) in [6, 6.07) is 13.6. The van der Waals surface area contributed by atoms with E-state index >= 15 is 0 Å². The zero-order chi connectivity index (χ0) is 18.0. The molecule has 1 saturated heterocycles. The summed E-state index contributed by atoms with van der Waals surface area (Å²) < 4.78 is 14.1. The van der Waals surface area contributed by atoms with Gasteiger partial charge in [0.25, 0.3) is 5.91 Å². The first-order valence-corrected chi connectivity index (χ1v) is 8.28. The molecule has 0 spiro atoms. The fourth-order valence-electron chi connectivity index (χ4n) is 3.32. The Hall–Kier alpha value is -2.69. The molecule has 0 radical (unpaired) electrons. The molecule has 5 heteroatoms. The van der Waals surface area contributed by atoms with Crippen LogP contribution in [0, 0.1) is 5.82 Å². The van der Waals surface area contributed by atoms with Crippen molar-refractivity contribution in [2.45, 2.75) is 25.2 Å². The van der Waals surface area contributed by atoms with Crippen LogP contribution >= 0.6 is 0 Å². The standard InChI is InChI=1S/C20H20FNO3/c1-20(15-5-3-2-4-6-15)9-11-22(12-10-20)18(23)16-8-7-14(19(24)25)13-17(16)21/h2-8,13H,9-12H2,1H3,(H,24,25). The Balaban J connectivity index is 1.73. The highest BCUT2D eigenvalue weighted by molar-refractivity contribution is 5.96. The molecule has 0 atom stereocenters. The molecule has 0 bridgehead atoms. The quantitative estimate of drug-likeness (QED) is 0.926. The zero-order valence-corrected chi connectivity index (χ0v) is 14.0. The van der Waals surface area contributed by atoms with Crippen molar-refractivity contribution in [1.82, 2.24) is 4.90 Å². The van der Waals surface area contributed by atoms with E-state index in [2.05, 4.69) is 19.1 Å². The molecule has 0 aromatic heterocycles. The molecule has 25 heavy (non-hydrogen) atoms. The second kappa shape index (κ2) is 6.67. The second-order valence-corrected chi connectivity index (χ2v) is 6.72. The lowest BCUT2D eigenvalue weighted by Gasteiger charge is -2.40. The van der Waals surface area contributed by atoms with Gasteiger partial charge < -0.3 is 10.0 Å². The molecule has 130 valence electrons. The van der Waals surface area contributed by atoms with Crippen molar-refractivity contribution >= 4 is 11.9 Å². The van der Waals surface area contributed by atoms with E-state index in [-0.39, 0.29) is 22.4 Å². The summed E-state index contributed by atoms with van der Waals surface area (Å²) in [7, 11) is 0. The monoisotopic (exact) mass is 341 g/mol. The molecular weight excluding hydrogens is 321 g/mol. The van der Waals surface area contributed by atoms with E-state index in [1.54, 1.807) is 4.90 Å². The van der Waals surface area contributed by atoms with Crippen LogP contribution in [0.4, 0.5) is 4.39 Å². The third-order valence-electron chi connectivity index (χ3n) is 5.07. The summed E-state index contributed by atoms with van der Waals surface area (Å²) >= 11 is 0. The van der Waals surface area contributed by atoms with Crippen molar-refractivity contribution < 1.29 is 19.1 Å². The largest absolute Gasteiger partial charge is 0.478 e. The average molecular weight is 341 g/mol. The predicted molar refractivity (Wildman–Crippen MR) is 92.3 cm³/mol. The number of hydrogen-bond donors (Lipinski definition) is 1. The van der Waals surface area contributed by atoms with E-state index in [1.165, 1.54) is 17.7 Å². The van der Waals surface area contributed by atoms with Crippen molar-refractivity contribution in [2.24, 2.45) is 0 Å². The van der Waals surface area contributed by atoms with Gasteiger partial charge in [-0.15, -0.1) is 0 Å². The highest BCUT2D eigenvalue weighted by atomic mass is 19.1. The number of nitrogens with zero attached hydrogens (tertiary/aromatic N) is 1. The van der Waals surface area contributed by atoms with E-state index in [1.807, 2.05) is 18.2 Å². The number of piperidine rings is 1. The van der Waals surface area contributed by atoms with Crippen LogP contribution < -0.4 is 0 Å². The summed E-state index contributed by atoms with van der Waals surface area (Å²) in [6.45, 7) is 3.28. The van der Waals surface area contributed by atoms with Gasteiger partial charge in [-0.25, -0.2) is 9.18 Å². The summed E-state index contributed by atoms with van der Waals surface area (Å²) in [5.74, 6) is -2.39. The summed E-state index contributed by atoms with van der Waals surface area (Å²) in [5.41, 5.74) is 1.01. The maximum absolute atomic E-state index is 14.1. The number of benzene rings is 2. The van der Waals surface area contributed by atoms with Gasteiger partial charge in [-0.05, 0) is 42.0 Å². The number of carbonyl (C=O) groups excluding carboxylic acids is 1. The minimum absolute atomic E-state index is 0.00372. The van der Waals surface area contributed by atoms with Gasteiger partial charge in [0.05, 0.1) is 11.1 Å². The smallest absolute Gasteiger partial charge is 0.335 e. The number of rotatable bonds is 3. The first-order valence-electron chi connectivity index (χ1n) is 8.28. The molecule has 0 saturated carbocycles. The highest BCUT2D eigenvalue weighted by Crippen LogP contribution is 2.35. The van der Waals surface area contributed by atoms with Crippen LogP contribution in [-0.4, -0.2) is 35.0 Å². The molecular formula is C20H20FNO3. The number of halogens is 1. The van der Waals surface area contributed by atoms with E-state index in [4.69, 9.17) is 5.11 Å². The van der Waals surface area contributed by atoms with Crippen LogP contribution in [0.15, 0.2) is 48.5 Å². The van der Waals surface area contributed by atoms with Gasteiger partial charge in [0, 0.05) is 13.1 Å². The first-order chi connectivity index (χ1) is 11.9. The summed E-state index contributed by atoms with van der Waals surface area (Å²) in [5, 5.41) is 8.89. The normalized spacial score (nSPS) is 16.5. The molecule has 1 heterocycles. The third-order valence-corrected chi connectivity index (χ3v) is 5.07. The Morgan fingerprint density at radius 2 is 1.72 bits per heavy atom. The third kappa shape index (κ3) is 3.40. The molecule has 1 N–H and O–H groups in total. The van der Waals surface area contributed by atoms with Crippen molar-refractivity contribution in [3.63, 3.8) is 0 Å². The fourth-order valence-corrected chi connectivity index (χ4v) is 3.32. The first kappa shape index (κ1) is 17.1. The molecule has 3 rings (SSSR count). The van der Waals surface area contributed by atoms with Crippen molar-refractivity contribution in [3.05, 3.63) is 71.0 Å². The second-order valence-electron chi connectivity index (χ2n) is 6.72. The maximum atomic E-state index is 14.1. The number of carboxylic acid groups (broad SMARTS) is 1. The molecule has 4 nitrogen and oxygen atoms in total. The van der Waals surface area contributed by atoms with Gasteiger partial charge in [0.15, 0.2) is 0 Å². The van der Waals surface area contributed by atoms with Crippen LogP contribution in [0.3, 0.4) is 0 Å². The Bertz CT molecular complexity index is 796. The van der Waals surface area contributed by atoms with E-state index < -0.39 is 11.8 Å². The van der Waals surface area contributed by atoms with Gasteiger partial charge in [0.1, 0.15) is 5.82 Å². The van der Waals surface area contributed by atoms with Crippen molar-refractivity contribution in [3.8, 4) is 0 Å². The van der Waals surface area contributed by atoms with Crippen molar-refractivity contribution in [2.75, 3.05) is 13.1 Å². The zero-order valence-electron chi connectivity index (χ0n) is 14.0. The Labute approximate surface area is 145 Å². The number of carbonyl (C=O) groups is 2. The van der Waals surface area contributed by atoms with Gasteiger partial charge >= 0.3 is 5.97 Å². The fraction of sp³-hybridized carbons (Fsp3) is 0.300. The van der Waals surface area contributed by atoms with Crippen LogP contribution in [0.25, 0.3) is 0 Å². The Kier molecular flexibility index (Phi) is 4.57. The number of amides is 1. The molecule has 2 aromatic carbocycles. The lowest BCUT2D eigenvalue weighted by Crippen LogP contribution is -2.44. The number of carboxylic acids is 1. The number of hydrogen-bond acceptors (Lipinski definition) is 2. The summed E-state index contributed by atoms with van der Waals surface area (Å²) in [4.78, 5) is 25.1. The minimum atomic E-state index is -1.21. The van der Waals surface area contributed by atoms with Gasteiger partial charge in [0.2, 0.25) is 0 Å². The van der Waals surface area contributed by atoms with Gasteiger partial charge in [-0.1, -0.05) is 37.3 Å². The molecule has 1 fully saturated rings. The highest BCUT2D eigenvalue weighted by Gasteiger charge is 2.34. The minimum Gasteiger partial charge on any atom is -0.478 e. The van der Waals surface area contributed by atoms with E-state index in [0.717, 1.165) is 18.9 Å². The molecule has 1 amide bonds. The molecule has 2 aromatic rings. The molecule has 1 aliphatic heterocycles. The number of aromatic carboxylic acids is 1. The Morgan fingerprint density at radius 1 is 1.08 bits per heavy atom. The van der Waals surface area contributed by atoms with E-state index in [0.29, 0.717) is 13.1 Å². The predicted octanol–water partition coefficient (Wildman–Crippen LogP) is 3.72. The van der Waals surface area contributed by atoms with Crippen LogP contribution in [-0.2, 0) is 5.41 Å². The van der Waals surface area contributed by atoms with Gasteiger partial charge in [-0.2, -0.15) is 0 Å². The van der Waals surface area contributed by atoms with Gasteiger partial charge in [-0.3, -0.25) is 4.79 Å². The summed E-state index contributed by atoms with van der Waals surface area (Å²) in [6.07, 6.45) is 1.61. The van der Waals surface area contributed by atoms with Crippen LogP contribution in [0.5, 0.6) is 0 Å². The molecule has 0 unspecified atom stereocenters. The lowest BCUT2D eigenvalue weighted by atomic mass is 9.74. The van der Waals surface area contributed by atoms with Crippen molar-refractivity contribution in [1.29, 1.82) is 0 Å². The van der Waals surface area contributed by atoms with Crippen LogP contribution in [0.2, 0.25) is 0 Å². The molecule has 0 aliphatic carbocycles. The average Bonchev–Trinajstić information content (AvgIpc) is 2.62. The lowest BCUT2D eigenvalue weighted by molar-refractivity contribution is 0.0664. The molecule has 1 aliphatic rings. The maximum Gasteiger partial charge on any atom is 0.335 e. The van der Waals surface area contributed by atoms with Crippen LogP contribution in [0.1, 0.15) is 46.0 Å². The van der Waals surface area contributed by atoms with E-state index in [9.17, 15) is 14.0 Å².